The Morgan fingerprint density at radius 1 is 1.00 bits per heavy atom. The summed E-state index contributed by atoms with van der Waals surface area (Å²) >= 11 is 1.50. The van der Waals surface area contributed by atoms with Crippen molar-refractivity contribution in [3.63, 3.8) is 0 Å². The van der Waals surface area contributed by atoms with E-state index >= 15 is 0 Å². The summed E-state index contributed by atoms with van der Waals surface area (Å²) in [6.45, 7) is 1.62. The van der Waals surface area contributed by atoms with E-state index < -0.39 is 27.1 Å². The molecule has 0 spiro atoms. The lowest BCUT2D eigenvalue weighted by Crippen LogP contribution is -2.22. The lowest BCUT2D eigenvalue weighted by Gasteiger charge is -2.11. The fourth-order valence-corrected chi connectivity index (χ4v) is 4.50. The van der Waals surface area contributed by atoms with Crippen LogP contribution in [0.5, 0.6) is 0 Å². The summed E-state index contributed by atoms with van der Waals surface area (Å²) in [6, 6.07) is 16.4. The number of benzene rings is 2. The van der Waals surface area contributed by atoms with E-state index in [1.165, 1.54) is 11.3 Å². The van der Waals surface area contributed by atoms with Crippen LogP contribution in [-0.2, 0) is 4.79 Å². The molecule has 1 aliphatic rings. The Bertz CT molecular complexity index is 1570. The topological polar surface area (TPSA) is 137 Å². The summed E-state index contributed by atoms with van der Waals surface area (Å²) in [5.41, 5.74) is 1.54. The summed E-state index contributed by atoms with van der Waals surface area (Å²) < 4.78 is 1.71. The maximum Gasteiger partial charge on any atom is 0.301 e. The average Bonchev–Trinajstić information content (AvgIpc) is 3.60. The van der Waals surface area contributed by atoms with Gasteiger partial charge in [0.05, 0.1) is 37.8 Å². The number of hydrogen-bond acceptors (Lipinski definition) is 8. The SMILES string of the molecule is CC1=NN(c2ccc([N+](=O)[O-])cc2[N+](=O)[O-])C(=O)C1=Cc1cn(-c2ccccc2)nc1-c1cccs1. The standard InChI is InChI=1S/C24H16N6O5S/c1-15-19(24(31)28(25-15)20-10-9-18(29(32)33)13-21(20)30(34)35)12-16-14-27(17-6-3-2-4-7-17)26-23(16)22-8-5-11-36-22/h2-14H,1H3. The first-order valence-electron chi connectivity index (χ1n) is 10.6. The van der Waals surface area contributed by atoms with E-state index in [2.05, 4.69) is 5.10 Å². The molecule has 0 aliphatic carbocycles. The van der Waals surface area contributed by atoms with E-state index in [4.69, 9.17) is 5.10 Å². The van der Waals surface area contributed by atoms with Gasteiger partial charge in [-0.1, -0.05) is 24.3 Å². The second-order valence-electron chi connectivity index (χ2n) is 7.74. The quantitative estimate of drug-likeness (QED) is 0.202. The maximum absolute atomic E-state index is 13.4. The predicted molar refractivity (Wildman–Crippen MR) is 135 cm³/mol. The third-order valence-electron chi connectivity index (χ3n) is 5.47. The monoisotopic (exact) mass is 500 g/mol. The van der Waals surface area contributed by atoms with E-state index in [0.717, 1.165) is 33.8 Å². The number of non-ortho nitro benzene ring substituents is 1. The van der Waals surface area contributed by atoms with Crippen molar-refractivity contribution in [3.05, 3.63) is 104 Å². The molecule has 0 atom stereocenters. The summed E-state index contributed by atoms with van der Waals surface area (Å²) in [4.78, 5) is 35.4. The van der Waals surface area contributed by atoms with Gasteiger partial charge in [0.15, 0.2) is 0 Å². The van der Waals surface area contributed by atoms with Crippen molar-refractivity contribution in [1.82, 2.24) is 9.78 Å². The van der Waals surface area contributed by atoms with E-state index in [1.807, 2.05) is 47.8 Å². The Balaban J connectivity index is 1.58. The summed E-state index contributed by atoms with van der Waals surface area (Å²) in [5.74, 6) is -0.589. The van der Waals surface area contributed by atoms with Crippen LogP contribution in [0.4, 0.5) is 17.1 Å². The van der Waals surface area contributed by atoms with Crippen LogP contribution in [0.15, 0.2) is 82.9 Å². The Hall–Kier alpha value is -4.97. The molecule has 12 heteroatoms. The van der Waals surface area contributed by atoms with Gasteiger partial charge in [-0.25, -0.2) is 4.68 Å². The largest absolute Gasteiger partial charge is 0.301 e. The Labute approximate surface area is 207 Å². The van der Waals surface area contributed by atoms with Gasteiger partial charge < -0.3 is 0 Å². The van der Waals surface area contributed by atoms with Crippen molar-refractivity contribution in [2.24, 2.45) is 5.10 Å². The average molecular weight is 500 g/mol. The number of nitro groups is 2. The number of hydrazone groups is 1. The smallest absolute Gasteiger partial charge is 0.267 e. The predicted octanol–water partition coefficient (Wildman–Crippen LogP) is 5.22. The van der Waals surface area contributed by atoms with Crippen LogP contribution >= 0.6 is 11.3 Å². The van der Waals surface area contributed by atoms with Crippen molar-refractivity contribution in [2.75, 3.05) is 5.01 Å². The van der Waals surface area contributed by atoms with Crippen molar-refractivity contribution in [2.45, 2.75) is 6.92 Å². The van der Waals surface area contributed by atoms with Crippen LogP contribution in [-0.4, -0.2) is 31.2 Å². The normalized spacial score (nSPS) is 14.4. The summed E-state index contributed by atoms with van der Waals surface area (Å²) in [6.07, 6.45) is 3.45. The molecule has 1 aliphatic heterocycles. The number of hydrogen-bond donors (Lipinski definition) is 0. The van der Waals surface area contributed by atoms with Gasteiger partial charge in [-0.3, -0.25) is 25.0 Å². The van der Waals surface area contributed by atoms with Gasteiger partial charge in [-0.2, -0.15) is 15.2 Å². The third-order valence-corrected chi connectivity index (χ3v) is 6.35. The lowest BCUT2D eigenvalue weighted by atomic mass is 10.1. The molecule has 11 nitrogen and oxygen atoms in total. The highest BCUT2D eigenvalue weighted by Gasteiger charge is 2.34. The molecule has 2 aromatic carbocycles. The molecule has 2 aromatic heterocycles. The number of nitro benzene ring substituents is 2. The summed E-state index contributed by atoms with van der Waals surface area (Å²) in [5, 5.41) is 34.4. The number of aromatic nitrogens is 2. The number of carbonyl (C=O) groups is 1. The van der Waals surface area contributed by atoms with Crippen molar-refractivity contribution in [3.8, 4) is 16.3 Å². The van der Waals surface area contributed by atoms with Crippen molar-refractivity contribution < 1.29 is 14.6 Å². The molecule has 4 aromatic rings. The molecular weight excluding hydrogens is 484 g/mol. The van der Waals surface area contributed by atoms with Gasteiger partial charge in [0.2, 0.25) is 0 Å². The van der Waals surface area contributed by atoms with Crippen LogP contribution in [0.25, 0.3) is 22.3 Å². The highest BCUT2D eigenvalue weighted by Crippen LogP contribution is 2.36. The molecule has 0 N–H and O–H groups in total. The third kappa shape index (κ3) is 4.05. The zero-order chi connectivity index (χ0) is 25.4. The first-order chi connectivity index (χ1) is 17.3. The second-order valence-corrected chi connectivity index (χ2v) is 8.69. The fraction of sp³-hybridized carbons (Fsp3) is 0.0417. The molecule has 1 amide bonds. The Morgan fingerprint density at radius 2 is 1.78 bits per heavy atom. The number of amides is 1. The fourth-order valence-electron chi connectivity index (χ4n) is 3.76. The highest BCUT2D eigenvalue weighted by atomic mass is 32.1. The van der Waals surface area contributed by atoms with Gasteiger partial charge in [0.1, 0.15) is 11.4 Å². The lowest BCUT2D eigenvalue weighted by molar-refractivity contribution is -0.393. The number of nitrogens with zero attached hydrogens (tertiary/aromatic N) is 6. The minimum Gasteiger partial charge on any atom is -0.267 e. The number of carbonyl (C=O) groups excluding carboxylic acids is 1. The van der Waals surface area contributed by atoms with Crippen LogP contribution in [0.3, 0.4) is 0 Å². The zero-order valence-electron chi connectivity index (χ0n) is 18.6. The molecule has 0 bridgehead atoms. The van der Waals surface area contributed by atoms with Crippen LogP contribution in [0.2, 0.25) is 0 Å². The number of rotatable bonds is 6. The zero-order valence-corrected chi connectivity index (χ0v) is 19.5. The summed E-state index contributed by atoms with van der Waals surface area (Å²) in [7, 11) is 0. The molecule has 5 rings (SSSR count). The molecule has 3 heterocycles. The van der Waals surface area contributed by atoms with E-state index in [-0.39, 0.29) is 11.3 Å². The molecule has 36 heavy (non-hydrogen) atoms. The van der Waals surface area contributed by atoms with Gasteiger partial charge in [0.25, 0.3) is 11.6 Å². The highest BCUT2D eigenvalue weighted by molar-refractivity contribution is 7.13. The molecular formula is C24H16N6O5S. The number of anilines is 1. The Kier molecular flexibility index (Phi) is 5.70. The van der Waals surface area contributed by atoms with E-state index in [0.29, 0.717) is 17.0 Å². The Morgan fingerprint density at radius 3 is 2.44 bits per heavy atom. The number of para-hydroxylation sites is 1. The van der Waals surface area contributed by atoms with Crippen molar-refractivity contribution in [1.29, 1.82) is 0 Å². The molecule has 0 radical (unpaired) electrons. The van der Waals surface area contributed by atoms with E-state index in [1.54, 1.807) is 23.9 Å². The maximum atomic E-state index is 13.4. The molecule has 0 unspecified atom stereocenters. The molecule has 178 valence electrons. The molecule has 0 fully saturated rings. The van der Waals surface area contributed by atoms with Gasteiger partial charge in [-0.15, -0.1) is 11.3 Å². The van der Waals surface area contributed by atoms with Crippen LogP contribution in [0.1, 0.15) is 12.5 Å². The first-order valence-corrected chi connectivity index (χ1v) is 11.4. The molecule has 0 saturated heterocycles. The van der Waals surface area contributed by atoms with Crippen LogP contribution in [0, 0.1) is 20.2 Å². The van der Waals surface area contributed by atoms with Crippen LogP contribution < -0.4 is 5.01 Å². The second kappa shape index (κ2) is 9.00. The van der Waals surface area contributed by atoms with Crippen molar-refractivity contribution >= 4 is 46.1 Å². The minimum absolute atomic E-state index is 0.156. The van der Waals surface area contributed by atoms with Gasteiger partial charge in [-0.05, 0) is 42.6 Å². The first kappa shape index (κ1) is 22.8. The minimum atomic E-state index is -0.777. The van der Waals surface area contributed by atoms with E-state index in [9.17, 15) is 25.0 Å². The van der Waals surface area contributed by atoms with Gasteiger partial charge >= 0.3 is 5.69 Å². The number of thiophene rings is 1. The van der Waals surface area contributed by atoms with Gasteiger partial charge in [0, 0.05) is 17.8 Å². The molecule has 0 saturated carbocycles.